The van der Waals surface area contributed by atoms with Gasteiger partial charge in [0.25, 0.3) is 0 Å². The topological polar surface area (TPSA) is 76.2 Å². The highest BCUT2D eigenvalue weighted by molar-refractivity contribution is 6.03. The van der Waals surface area contributed by atoms with Gasteiger partial charge in [-0.3, -0.25) is 19.4 Å². The third-order valence-electron chi connectivity index (χ3n) is 4.68. The molecule has 0 saturated heterocycles. The number of carbonyl (C=O) groups is 3. The van der Waals surface area contributed by atoms with Crippen LogP contribution in [0.4, 0.5) is 4.79 Å². The minimum absolute atomic E-state index is 0.0117. The van der Waals surface area contributed by atoms with Crippen LogP contribution in [0.15, 0.2) is 84.6 Å². The van der Waals surface area contributed by atoms with Crippen molar-refractivity contribution in [3.63, 3.8) is 0 Å². The molecule has 0 aromatic heterocycles. The number of nitrogens with zero attached hydrogens (tertiary/aromatic N) is 2. The van der Waals surface area contributed by atoms with E-state index in [4.69, 9.17) is 9.47 Å². The average Bonchev–Trinajstić information content (AvgIpc) is 3.34. The van der Waals surface area contributed by atoms with E-state index in [0.717, 1.165) is 11.1 Å². The molecule has 0 radical (unpaired) electrons. The van der Waals surface area contributed by atoms with Crippen LogP contribution in [0, 0.1) is 0 Å². The molecular weight excluding hydrogens is 384 g/mol. The lowest BCUT2D eigenvalue weighted by Crippen LogP contribution is -2.40. The highest BCUT2D eigenvalue weighted by Crippen LogP contribution is 2.26. The van der Waals surface area contributed by atoms with Gasteiger partial charge in [-0.1, -0.05) is 60.7 Å². The van der Waals surface area contributed by atoms with E-state index in [1.807, 2.05) is 60.7 Å². The molecule has 2 aromatic rings. The third kappa shape index (κ3) is 4.25. The van der Waals surface area contributed by atoms with Gasteiger partial charge in [-0.15, -0.1) is 0 Å². The monoisotopic (exact) mass is 404 g/mol. The number of hydrogen-bond acceptors (Lipinski definition) is 5. The smallest absolute Gasteiger partial charge is 0.331 e. The van der Waals surface area contributed by atoms with Crippen LogP contribution in [0.5, 0.6) is 0 Å². The Morgan fingerprint density at radius 1 is 0.833 bits per heavy atom. The highest BCUT2D eigenvalue weighted by Gasteiger charge is 2.39. The number of benzene rings is 2. The van der Waals surface area contributed by atoms with Crippen molar-refractivity contribution in [3.05, 3.63) is 95.7 Å². The first-order chi connectivity index (χ1) is 14.6. The fourth-order valence-corrected chi connectivity index (χ4v) is 3.16. The molecule has 0 atom stereocenters. The van der Waals surface area contributed by atoms with Crippen molar-refractivity contribution in [2.75, 3.05) is 13.1 Å². The molecule has 7 heteroatoms. The lowest BCUT2D eigenvalue weighted by Gasteiger charge is -2.24. The van der Waals surface area contributed by atoms with Crippen molar-refractivity contribution in [1.82, 2.24) is 9.80 Å². The van der Waals surface area contributed by atoms with Crippen molar-refractivity contribution in [3.8, 4) is 0 Å². The van der Waals surface area contributed by atoms with Crippen LogP contribution >= 0.6 is 0 Å². The van der Waals surface area contributed by atoms with E-state index in [1.54, 1.807) is 0 Å². The number of ketones is 2. The zero-order valence-corrected chi connectivity index (χ0v) is 16.2. The zero-order chi connectivity index (χ0) is 20.9. The van der Waals surface area contributed by atoms with Crippen molar-refractivity contribution in [2.45, 2.75) is 13.2 Å². The summed E-state index contributed by atoms with van der Waals surface area (Å²) in [6.45, 7) is 0.0751. The van der Waals surface area contributed by atoms with Gasteiger partial charge in [0.1, 0.15) is 13.2 Å². The first-order valence-electron chi connectivity index (χ1n) is 9.52. The Hall–Kier alpha value is -3.87. The van der Waals surface area contributed by atoms with Crippen LogP contribution in [0.2, 0.25) is 0 Å². The van der Waals surface area contributed by atoms with E-state index in [9.17, 15) is 14.4 Å². The van der Waals surface area contributed by atoms with Gasteiger partial charge in [0, 0.05) is 6.20 Å². The van der Waals surface area contributed by atoms with E-state index in [1.165, 1.54) is 22.1 Å². The van der Waals surface area contributed by atoms with Crippen molar-refractivity contribution in [1.29, 1.82) is 0 Å². The number of rotatable bonds is 6. The van der Waals surface area contributed by atoms with Gasteiger partial charge in [-0.25, -0.2) is 4.79 Å². The standard InChI is InChI=1S/C23H20N2O5/c26-19-11-12-24(13-19)23(28)25-14-20(27)21(29-15-17-7-3-1-4-8-17)22(25)30-16-18-9-5-2-6-10-18/h1-12H,13-16H2. The maximum absolute atomic E-state index is 12.9. The van der Waals surface area contributed by atoms with Gasteiger partial charge in [0.2, 0.25) is 17.4 Å². The summed E-state index contributed by atoms with van der Waals surface area (Å²) < 4.78 is 11.7. The predicted molar refractivity (Wildman–Crippen MR) is 107 cm³/mol. The van der Waals surface area contributed by atoms with E-state index in [0.29, 0.717) is 0 Å². The van der Waals surface area contributed by atoms with E-state index in [-0.39, 0.29) is 49.5 Å². The number of hydrogen-bond donors (Lipinski definition) is 0. The van der Waals surface area contributed by atoms with Crippen molar-refractivity contribution in [2.24, 2.45) is 0 Å². The molecule has 0 aliphatic carbocycles. The number of amides is 2. The van der Waals surface area contributed by atoms with Gasteiger partial charge >= 0.3 is 6.03 Å². The Labute approximate surface area is 173 Å². The van der Waals surface area contributed by atoms with Gasteiger partial charge in [0.15, 0.2) is 5.78 Å². The second-order valence-corrected chi connectivity index (χ2v) is 6.88. The second-order valence-electron chi connectivity index (χ2n) is 6.88. The molecule has 2 aliphatic heterocycles. The Morgan fingerprint density at radius 2 is 1.43 bits per heavy atom. The Morgan fingerprint density at radius 3 is 2.00 bits per heavy atom. The Balaban J connectivity index is 1.57. The fourth-order valence-electron chi connectivity index (χ4n) is 3.16. The van der Waals surface area contributed by atoms with Crippen LogP contribution < -0.4 is 0 Å². The van der Waals surface area contributed by atoms with Crippen molar-refractivity contribution >= 4 is 17.6 Å². The maximum Gasteiger partial charge on any atom is 0.331 e. The Bertz CT molecular complexity index is 1010. The SMILES string of the molecule is O=C1C=CN(C(=O)N2CC(=O)C(OCc3ccccc3)=C2OCc2ccccc2)C1. The zero-order valence-electron chi connectivity index (χ0n) is 16.2. The summed E-state index contributed by atoms with van der Waals surface area (Å²) >= 11 is 0. The van der Waals surface area contributed by atoms with Gasteiger partial charge < -0.3 is 9.47 Å². The van der Waals surface area contributed by atoms with Crippen LogP contribution in [-0.4, -0.2) is 40.5 Å². The third-order valence-corrected chi connectivity index (χ3v) is 4.68. The van der Waals surface area contributed by atoms with E-state index >= 15 is 0 Å². The van der Waals surface area contributed by atoms with Crippen LogP contribution in [-0.2, 0) is 32.3 Å². The fraction of sp³-hybridized carbons (Fsp3) is 0.174. The highest BCUT2D eigenvalue weighted by atomic mass is 16.5. The molecule has 2 aliphatic rings. The Kier molecular flexibility index (Phi) is 5.61. The lowest BCUT2D eigenvalue weighted by atomic mass is 10.2. The van der Waals surface area contributed by atoms with Gasteiger partial charge in [-0.2, -0.15) is 0 Å². The molecule has 2 aromatic carbocycles. The molecule has 0 saturated carbocycles. The number of Topliss-reactive ketones (excluding diaryl/α,β-unsaturated/α-hetero) is 1. The summed E-state index contributed by atoms with van der Waals surface area (Å²) in [5.41, 5.74) is 1.77. The molecule has 7 nitrogen and oxygen atoms in total. The van der Waals surface area contributed by atoms with Gasteiger partial charge in [0.05, 0.1) is 13.1 Å². The summed E-state index contributed by atoms with van der Waals surface area (Å²) in [6.07, 6.45) is 2.74. The number of urea groups is 1. The minimum atomic E-state index is -0.508. The summed E-state index contributed by atoms with van der Waals surface area (Å²) in [5.74, 6) is -0.447. The van der Waals surface area contributed by atoms with Gasteiger partial charge in [-0.05, 0) is 17.2 Å². The summed E-state index contributed by atoms with van der Waals surface area (Å²) in [5, 5.41) is 0. The molecule has 0 spiro atoms. The number of ether oxygens (including phenoxy) is 2. The second kappa shape index (κ2) is 8.65. The van der Waals surface area contributed by atoms with Crippen LogP contribution in [0.1, 0.15) is 11.1 Å². The van der Waals surface area contributed by atoms with Crippen LogP contribution in [0.3, 0.4) is 0 Å². The largest absolute Gasteiger partial charge is 0.480 e. The molecule has 30 heavy (non-hydrogen) atoms. The molecule has 0 bridgehead atoms. The first-order valence-corrected chi connectivity index (χ1v) is 9.52. The molecular formula is C23H20N2O5. The predicted octanol–water partition coefficient (Wildman–Crippen LogP) is 2.99. The van der Waals surface area contributed by atoms with Crippen molar-refractivity contribution < 1.29 is 23.9 Å². The molecule has 2 heterocycles. The molecule has 152 valence electrons. The molecule has 0 unspecified atom stereocenters. The molecule has 4 rings (SSSR count). The molecule has 0 N–H and O–H groups in total. The number of carbonyl (C=O) groups excluding carboxylic acids is 3. The summed E-state index contributed by atoms with van der Waals surface area (Å²) in [6, 6.07) is 18.3. The molecule has 2 amide bonds. The van der Waals surface area contributed by atoms with E-state index in [2.05, 4.69) is 0 Å². The maximum atomic E-state index is 12.9. The quantitative estimate of drug-likeness (QED) is 0.740. The minimum Gasteiger partial charge on any atom is -0.480 e. The molecule has 0 fully saturated rings. The first kappa shape index (κ1) is 19.4. The van der Waals surface area contributed by atoms with Crippen LogP contribution in [0.25, 0.3) is 0 Å². The average molecular weight is 404 g/mol. The summed E-state index contributed by atoms with van der Waals surface area (Å²) in [4.78, 5) is 39.5. The summed E-state index contributed by atoms with van der Waals surface area (Å²) in [7, 11) is 0. The lowest BCUT2D eigenvalue weighted by molar-refractivity contribution is -0.117. The van der Waals surface area contributed by atoms with E-state index < -0.39 is 6.03 Å². The normalized spacial score (nSPS) is 15.9.